The number of nitrogens with one attached hydrogen (secondary N) is 1. The van der Waals surface area contributed by atoms with Crippen molar-refractivity contribution < 1.29 is 14.2 Å². The third-order valence-corrected chi connectivity index (χ3v) is 4.97. The van der Waals surface area contributed by atoms with Crippen molar-refractivity contribution >= 4 is 5.69 Å². The summed E-state index contributed by atoms with van der Waals surface area (Å²) in [6.45, 7) is 6.80. The zero-order chi connectivity index (χ0) is 21.0. The normalized spacial score (nSPS) is 11.5. The van der Waals surface area contributed by atoms with Gasteiger partial charge in [0.2, 0.25) is 0 Å². The molecule has 1 unspecified atom stereocenters. The van der Waals surface area contributed by atoms with Crippen molar-refractivity contribution in [1.29, 1.82) is 0 Å². The van der Waals surface area contributed by atoms with Crippen molar-refractivity contribution in [3.63, 3.8) is 0 Å². The number of hydrogen-bond acceptors (Lipinski definition) is 4. The Kier molecular flexibility index (Phi) is 8.46. The summed E-state index contributed by atoms with van der Waals surface area (Å²) in [6.07, 6.45) is 1.10. The summed E-state index contributed by atoms with van der Waals surface area (Å²) < 4.78 is 17.4. The SMILES string of the molecule is CCC(C)c1ccccc1OCCNc1ccc(OCCOc2ccccc2)cc1. The first-order valence-corrected chi connectivity index (χ1v) is 10.6. The molecule has 30 heavy (non-hydrogen) atoms. The van der Waals surface area contributed by atoms with Crippen LogP contribution >= 0.6 is 0 Å². The molecule has 3 aromatic rings. The van der Waals surface area contributed by atoms with Gasteiger partial charge >= 0.3 is 0 Å². The van der Waals surface area contributed by atoms with E-state index in [-0.39, 0.29) is 0 Å². The van der Waals surface area contributed by atoms with Crippen LogP contribution in [0.4, 0.5) is 5.69 Å². The van der Waals surface area contributed by atoms with Crippen LogP contribution in [0.2, 0.25) is 0 Å². The third-order valence-electron chi connectivity index (χ3n) is 4.97. The van der Waals surface area contributed by atoms with Gasteiger partial charge < -0.3 is 19.5 Å². The van der Waals surface area contributed by atoms with Crippen LogP contribution in [-0.4, -0.2) is 26.4 Å². The zero-order valence-corrected chi connectivity index (χ0v) is 17.8. The smallest absolute Gasteiger partial charge is 0.122 e. The maximum atomic E-state index is 6.01. The van der Waals surface area contributed by atoms with E-state index in [9.17, 15) is 0 Å². The summed E-state index contributed by atoms with van der Waals surface area (Å²) in [7, 11) is 0. The summed E-state index contributed by atoms with van der Waals surface area (Å²) in [5.41, 5.74) is 2.32. The van der Waals surface area contributed by atoms with E-state index in [1.807, 2.05) is 60.7 Å². The molecule has 4 nitrogen and oxygen atoms in total. The lowest BCUT2D eigenvalue weighted by Gasteiger charge is -2.16. The first-order valence-electron chi connectivity index (χ1n) is 10.6. The van der Waals surface area contributed by atoms with Crippen LogP contribution in [0.3, 0.4) is 0 Å². The minimum Gasteiger partial charge on any atom is -0.491 e. The van der Waals surface area contributed by atoms with Gasteiger partial charge in [-0.15, -0.1) is 0 Å². The molecular formula is C26H31NO3. The molecule has 0 aliphatic heterocycles. The number of ether oxygens (including phenoxy) is 3. The van der Waals surface area contributed by atoms with Gasteiger partial charge in [0, 0.05) is 12.2 Å². The maximum absolute atomic E-state index is 6.01. The molecule has 1 N–H and O–H groups in total. The van der Waals surface area contributed by atoms with Gasteiger partial charge in [-0.2, -0.15) is 0 Å². The minimum atomic E-state index is 0.500. The van der Waals surface area contributed by atoms with E-state index >= 15 is 0 Å². The van der Waals surface area contributed by atoms with Gasteiger partial charge in [0.15, 0.2) is 0 Å². The van der Waals surface area contributed by atoms with E-state index in [0.717, 1.165) is 35.9 Å². The Morgan fingerprint density at radius 3 is 2.03 bits per heavy atom. The topological polar surface area (TPSA) is 39.7 Å². The highest BCUT2D eigenvalue weighted by atomic mass is 16.5. The summed E-state index contributed by atoms with van der Waals surface area (Å²) in [5, 5.41) is 3.39. The molecule has 0 radical (unpaired) electrons. The number of anilines is 1. The molecule has 0 bridgehead atoms. The first kappa shape index (κ1) is 21.6. The Hall–Kier alpha value is -3.14. The van der Waals surface area contributed by atoms with Crippen molar-refractivity contribution in [2.75, 3.05) is 31.7 Å². The molecule has 0 aromatic heterocycles. The van der Waals surface area contributed by atoms with Crippen molar-refractivity contribution in [3.8, 4) is 17.2 Å². The van der Waals surface area contributed by atoms with Gasteiger partial charge in [0.05, 0.1) is 0 Å². The number of para-hydroxylation sites is 2. The van der Waals surface area contributed by atoms with E-state index in [1.165, 1.54) is 5.56 Å². The Balaban J connectivity index is 1.36. The third kappa shape index (κ3) is 6.73. The monoisotopic (exact) mass is 405 g/mol. The van der Waals surface area contributed by atoms with Crippen molar-refractivity contribution in [1.82, 2.24) is 0 Å². The second-order valence-electron chi connectivity index (χ2n) is 7.16. The molecule has 0 fully saturated rings. The molecule has 0 saturated heterocycles. The largest absolute Gasteiger partial charge is 0.491 e. The molecule has 0 saturated carbocycles. The summed E-state index contributed by atoms with van der Waals surface area (Å²) >= 11 is 0. The summed E-state index contributed by atoms with van der Waals surface area (Å²) in [5.74, 6) is 3.17. The predicted molar refractivity (Wildman–Crippen MR) is 123 cm³/mol. The number of benzene rings is 3. The maximum Gasteiger partial charge on any atom is 0.122 e. The highest BCUT2D eigenvalue weighted by Crippen LogP contribution is 2.28. The van der Waals surface area contributed by atoms with Crippen LogP contribution in [0, 0.1) is 0 Å². The van der Waals surface area contributed by atoms with Gasteiger partial charge in [0.1, 0.15) is 37.1 Å². The standard InChI is InChI=1S/C26H31NO3/c1-3-21(2)25-11-7-8-12-26(25)30-18-17-27-22-13-15-24(16-14-22)29-20-19-28-23-9-5-4-6-10-23/h4-16,21,27H,3,17-20H2,1-2H3. The van der Waals surface area contributed by atoms with Gasteiger partial charge in [-0.25, -0.2) is 0 Å². The average molecular weight is 406 g/mol. The van der Waals surface area contributed by atoms with Crippen LogP contribution in [0.5, 0.6) is 17.2 Å². The molecule has 3 rings (SSSR count). The van der Waals surface area contributed by atoms with Crippen LogP contribution < -0.4 is 19.5 Å². The molecule has 0 heterocycles. The van der Waals surface area contributed by atoms with Gasteiger partial charge in [-0.1, -0.05) is 50.2 Å². The van der Waals surface area contributed by atoms with E-state index in [1.54, 1.807) is 0 Å². The Bertz CT molecular complexity index is 865. The van der Waals surface area contributed by atoms with Crippen molar-refractivity contribution in [3.05, 3.63) is 84.4 Å². The van der Waals surface area contributed by atoms with Gasteiger partial charge in [0.25, 0.3) is 0 Å². The number of rotatable bonds is 12. The first-order chi connectivity index (χ1) is 14.8. The molecule has 0 amide bonds. The number of hydrogen-bond donors (Lipinski definition) is 1. The van der Waals surface area contributed by atoms with E-state index in [4.69, 9.17) is 14.2 Å². The van der Waals surface area contributed by atoms with E-state index in [0.29, 0.717) is 25.7 Å². The molecule has 0 aliphatic rings. The van der Waals surface area contributed by atoms with Gasteiger partial charge in [-0.3, -0.25) is 0 Å². The fraction of sp³-hybridized carbons (Fsp3) is 0.308. The molecular weight excluding hydrogens is 374 g/mol. The Morgan fingerprint density at radius 1 is 0.700 bits per heavy atom. The Morgan fingerprint density at radius 2 is 1.33 bits per heavy atom. The lowest BCUT2D eigenvalue weighted by molar-refractivity contribution is 0.217. The summed E-state index contributed by atoms with van der Waals surface area (Å²) in [6, 6.07) is 26.0. The lowest BCUT2D eigenvalue weighted by Crippen LogP contribution is -2.12. The molecule has 1 atom stereocenters. The van der Waals surface area contributed by atoms with E-state index in [2.05, 4.69) is 37.4 Å². The fourth-order valence-corrected chi connectivity index (χ4v) is 3.10. The van der Waals surface area contributed by atoms with Crippen molar-refractivity contribution in [2.45, 2.75) is 26.2 Å². The highest BCUT2D eigenvalue weighted by molar-refractivity contribution is 5.46. The minimum absolute atomic E-state index is 0.500. The van der Waals surface area contributed by atoms with Crippen LogP contribution in [0.1, 0.15) is 31.7 Å². The molecule has 0 aliphatic carbocycles. The molecule has 0 spiro atoms. The van der Waals surface area contributed by atoms with E-state index < -0.39 is 0 Å². The molecule has 158 valence electrons. The fourth-order valence-electron chi connectivity index (χ4n) is 3.10. The van der Waals surface area contributed by atoms with Gasteiger partial charge in [-0.05, 0) is 60.4 Å². The van der Waals surface area contributed by atoms with Crippen molar-refractivity contribution in [2.24, 2.45) is 0 Å². The Labute approximate surface area is 179 Å². The zero-order valence-electron chi connectivity index (χ0n) is 17.8. The quantitative estimate of drug-likeness (QED) is 0.367. The lowest BCUT2D eigenvalue weighted by atomic mass is 9.98. The second kappa shape index (κ2) is 11.8. The summed E-state index contributed by atoms with van der Waals surface area (Å²) in [4.78, 5) is 0. The van der Waals surface area contributed by atoms with Crippen LogP contribution in [0.15, 0.2) is 78.9 Å². The average Bonchev–Trinajstić information content (AvgIpc) is 2.81. The molecule has 3 aromatic carbocycles. The second-order valence-corrected chi connectivity index (χ2v) is 7.16. The highest BCUT2D eigenvalue weighted by Gasteiger charge is 2.09. The predicted octanol–water partition coefficient (Wildman–Crippen LogP) is 6.15. The van der Waals surface area contributed by atoms with Crippen LogP contribution in [-0.2, 0) is 0 Å². The van der Waals surface area contributed by atoms with Crippen LogP contribution in [0.25, 0.3) is 0 Å². The molecule has 4 heteroatoms.